The first kappa shape index (κ1) is 20.5. The van der Waals surface area contributed by atoms with Crippen LogP contribution in [-0.2, 0) is 0 Å². The zero-order valence-corrected chi connectivity index (χ0v) is 17.4. The molecule has 0 spiro atoms. The van der Waals surface area contributed by atoms with Gasteiger partial charge in [0.25, 0.3) is 11.1 Å². The maximum Gasteiger partial charge on any atom is 0.269 e. The van der Waals surface area contributed by atoms with E-state index in [1.54, 1.807) is 17.4 Å². The van der Waals surface area contributed by atoms with Gasteiger partial charge >= 0.3 is 0 Å². The third-order valence-corrected chi connectivity index (χ3v) is 5.85. The second-order valence-corrected chi connectivity index (χ2v) is 7.15. The third-order valence-electron chi connectivity index (χ3n) is 4.75. The van der Waals surface area contributed by atoms with Gasteiger partial charge in [-0.2, -0.15) is 4.98 Å². The van der Waals surface area contributed by atoms with Crippen LogP contribution < -0.4 is 32.6 Å². The lowest BCUT2D eigenvalue weighted by Gasteiger charge is -2.21. The van der Waals surface area contributed by atoms with Crippen molar-refractivity contribution in [2.75, 3.05) is 36.0 Å². The summed E-state index contributed by atoms with van der Waals surface area (Å²) in [5.41, 5.74) is 4.01. The minimum Gasteiger partial charge on any atom is -1.00 e. The summed E-state index contributed by atoms with van der Waals surface area (Å²) in [6, 6.07) is 10.3. The van der Waals surface area contributed by atoms with E-state index in [0.29, 0.717) is 5.69 Å². The molecule has 0 bridgehead atoms. The van der Waals surface area contributed by atoms with E-state index in [1.807, 2.05) is 0 Å². The molecule has 1 N–H and O–H groups in total. The van der Waals surface area contributed by atoms with Crippen LogP contribution in [-0.4, -0.2) is 26.2 Å². The number of aromatic nitrogens is 1. The normalized spacial score (nSPS) is 10.8. The zero-order chi connectivity index (χ0) is 18.0. The number of aromatic amines is 1. The number of benzene rings is 2. The molecule has 0 saturated heterocycles. The van der Waals surface area contributed by atoms with E-state index in [2.05, 4.69) is 66.7 Å². The molecule has 2 aliphatic rings. The van der Waals surface area contributed by atoms with Gasteiger partial charge in [-0.3, -0.25) is 4.79 Å². The first-order valence-corrected chi connectivity index (χ1v) is 9.86. The number of nitrogens with one attached hydrogen (secondary N) is 1. The van der Waals surface area contributed by atoms with Crippen LogP contribution in [0.5, 0.6) is 0 Å². The minimum atomic E-state index is 0. The summed E-state index contributed by atoms with van der Waals surface area (Å²) in [4.78, 5) is 21.5. The van der Waals surface area contributed by atoms with E-state index in [4.69, 9.17) is 0 Å². The lowest BCUT2D eigenvalue weighted by Crippen LogP contribution is -3.00. The molecule has 6 heteroatoms. The molecule has 1 aromatic rings. The lowest BCUT2D eigenvalue weighted by molar-refractivity contribution is -0.331. The number of anilines is 2. The highest BCUT2D eigenvalue weighted by Crippen LogP contribution is 2.31. The van der Waals surface area contributed by atoms with Crippen LogP contribution >= 0.6 is 11.3 Å². The Bertz CT molecular complexity index is 903. The molecule has 0 amide bonds. The molecule has 140 valence electrons. The van der Waals surface area contributed by atoms with Gasteiger partial charge < -0.3 is 22.2 Å². The molecule has 0 atom stereocenters. The molecule has 3 rings (SSSR count). The molecule has 4 nitrogen and oxygen atoms in total. The standard InChI is InChI=1S/C20H25N3OS.ClH/c1-5-22(6-2)14-9-10-16-18(12-14)25-19-13-15(23(7-3)8-4)11-17(24)20(19)21-16;/h9-13H,5-8H2,1-4H3;1H. The maximum atomic E-state index is 12.6. The van der Waals surface area contributed by atoms with E-state index in [1.165, 1.54) is 10.4 Å². The van der Waals surface area contributed by atoms with Crippen molar-refractivity contribution in [2.45, 2.75) is 27.7 Å². The molecule has 0 saturated carbocycles. The monoisotopic (exact) mass is 391 g/mol. The van der Waals surface area contributed by atoms with Crippen LogP contribution in [0, 0.1) is 0 Å². The Kier molecular flexibility index (Phi) is 6.84. The Morgan fingerprint density at radius 1 is 0.885 bits per heavy atom. The molecular weight excluding hydrogens is 366 g/mol. The number of halogens is 1. The summed E-state index contributed by atoms with van der Waals surface area (Å²) < 4.78 is 1.17. The lowest BCUT2D eigenvalue weighted by atomic mass is 10.2. The van der Waals surface area contributed by atoms with Gasteiger partial charge in [-0.15, -0.1) is 11.3 Å². The van der Waals surface area contributed by atoms with E-state index >= 15 is 0 Å². The highest BCUT2D eigenvalue weighted by Gasteiger charge is 2.20. The van der Waals surface area contributed by atoms with Gasteiger partial charge in [0.1, 0.15) is 9.58 Å². The fourth-order valence-electron chi connectivity index (χ4n) is 3.29. The molecule has 0 fully saturated rings. The van der Waals surface area contributed by atoms with Crippen molar-refractivity contribution < 1.29 is 17.4 Å². The average Bonchev–Trinajstić information content (AvgIpc) is 2.62. The Hall–Kier alpha value is -1.85. The van der Waals surface area contributed by atoms with Crippen LogP contribution in [0.15, 0.2) is 35.1 Å². The van der Waals surface area contributed by atoms with Crippen molar-refractivity contribution in [3.8, 4) is 10.6 Å². The van der Waals surface area contributed by atoms with Crippen LogP contribution in [0.25, 0.3) is 20.8 Å². The highest BCUT2D eigenvalue weighted by atomic mass is 35.5. The summed E-state index contributed by atoms with van der Waals surface area (Å²) in [5, 5.41) is 0. The first-order valence-electron chi connectivity index (χ1n) is 9.05. The van der Waals surface area contributed by atoms with Gasteiger partial charge in [-0.25, -0.2) is 0 Å². The Morgan fingerprint density at radius 2 is 1.50 bits per heavy atom. The summed E-state index contributed by atoms with van der Waals surface area (Å²) in [6.45, 7) is 12.3. The van der Waals surface area contributed by atoms with Crippen LogP contribution in [0.4, 0.5) is 11.4 Å². The SMILES string of the molecule is CCN(CC)c1cc2sc3cc(N(CC)CC)ccc3[nH+]c-2c(=O)c1.[Cl-]. The molecular formula is C20H26ClN3OS. The second kappa shape index (κ2) is 8.69. The molecule has 0 radical (unpaired) electrons. The van der Waals surface area contributed by atoms with Crippen molar-refractivity contribution in [1.29, 1.82) is 0 Å². The van der Waals surface area contributed by atoms with Crippen LogP contribution in [0.2, 0.25) is 0 Å². The van der Waals surface area contributed by atoms with Gasteiger partial charge in [-0.05, 0) is 45.9 Å². The number of hydrogen-bond acceptors (Lipinski definition) is 4. The van der Waals surface area contributed by atoms with Gasteiger partial charge in [0.2, 0.25) is 5.52 Å². The quantitative estimate of drug-likeness (QED) is 0.585. The number of fused-ring (bicyclic) bond motifs is 2. The zero-order valence-electron chi connectivity index (χ0n) is 15.8. The molecule has 1 aliphatic carbocycles. The molecule has 1 aromatic carbocycles. The highest BCUT2D eigenvalue weighted by molar-refractivity contribution is 7.21. The summed E-state index contributed by atoms with van der Waals surface area (Å²) in [6.07, 6.45) is 0. The fraction of sp³-hybridized carbons (Fsp3) is 0.400. The Labute approximate surface area is 165 Å². The van der Waals surface area contributed by atoms with Crippen molar-refractivity contribution in [3.05, 3.63) is 40.6 Å². The third kappa shape index (κ3) is 3.79. The molecule has 0 unspecified atom stereocenters. The first-order chi connectivity index (χ1) is 12.1. The number of hydrogen-bond donors (Lipinski definition) is 0. The molecule has 0 aromatic heterocycles. The fourth-order valence-corrected chi connectivity index (χ4v) is 4.37. The van der Waals surface area contributed by atoms with E-state index in [-0.39, 0.29) is 17.8 Å². The van der Waals surface area contributed by atoms with Gasteiger partial charge in [-0.1, -0.05) is 0 Å². The van der Waals surface area contributed by atoms with Gasteiger partial charge in [0.05, 0.1) is 0 Å². The Balaban J connectivity index is 0.00000243. The van der Waals surface area contributed by atoms with E-state index in [9.17, 15) is 4.79 Å². The molecule has 1 heterocycles. The smallest absolute Gasteiger partial charge is 0.269 e. The molecule has 1 aliphatic heterocycles. The predicted octanol–water partition coefficient (Wildman–Crippen LogP) is 0.877. The summed E-state index contributed by atoms with van der Waals surface area (Å²) >= 11 is 1.69. The Morgan fingerprint density at radius 3 is 2.12 bits per heavy atom. The van der Waals surface area contributed by atoms with E-state index < -0.39 is 0 Å². The summed E-state index contributed by atoms with van der Waals surface area (Å²) in [7, 11) is 0. The number of H-pyrrole nitrogens is 1. The maximum absolute atomic E-state index is 12.6. The van der Waals surface area contributed by atoms with Gasteiger partial charge in [0, 0.05) is 49.7 Å². The minimum absolute atomic E-state index is 0. The van der Waals surface area contributed by atoms with Crippen molar-refractivity contribution >= 4 is 32.9 Å². The van der Waals surface area contributed by atoms with E-state index in [0.717, 1.165) is 42.3 Å². The van der Waals surface area contributed by atoms with Gasteiger partial charge in [0.15, 0.2) is 0 Å². The largest absolute Gasteiger partial charge is 1.00 e. The number of nitrogens with zero attached hydrogens (tertiary/aromatic N) is 2. The average molecular weight is 392 g/mol. The summed E-state index contributed by atoms with van der Waals surface area (Å²) in [5.74, 6) is 0. The predicted molar refractivity (Wildman–Crippen MR) is 108 cm³/mol. The van der Waals surface area contributed by atoms with Crippen LogP contribution in [0.3, 0.4) is 0 Å². The topological polar surface area (TPSA) is 37.7 Å². The van der Waals surface area contributed by atoms with Crippen molar-refractivity contribution in [2.24, 2.45) is 0 Å². The van der Waals surface area contributed by atoms with Crippen molar-refractivity contribution in [3.63, 3.8) is 0 Å². The van der Waals surface area contributed by atoms with Crippen molar-refractivity contribution in [1.82, 2.24) is 0 Å². The van der Waals surface area contributed by atoms with Crippen LogP contribution in [0.1, 0.15) is 27.7 Å². The second-order valence-electron chi connectivity index (χ2n) is 6.07. The molecule has 26 heavy (non-hydrogen) atoms. The number of rotatable bonds is 6.